The number of aromatic nitrogens is 4. The molecule has 382 valence electrons. The molecule has 2 radical (unpaired) electrons. The van der Waals surface area contributed by atoms with E-state index in [0.717, 1.165) is 77.9 Å². The van der Waals surface area contributed by atoms with Crippen molar-refractivity contribution in [2.75, 3.05) is 16.5 Å². The predicted octanol–water partition coefficient (Wildman–Crippen LogP) is 15.4. The SMILES string of the molecule is [2H]C([2H])([2H])n1c(-n2c3ccc(C(C)(C)C)cc3c3ccc(Oc4cc(N5CN(c6c(/C7=C/C=C\N/C=C\C=C/[B]7)cc(C(C)(C)C)cc6/C6=C/C=C\N/C=C\C=C/[B]6)c6ccccc65)cc(C(C)(C)C)n4)cc32)nc2ccccc21. The van der Waals surface area contributed by atoms with Crippen molar-refractivity contribution in [3.63, 3.8) is 0 Å². The molecule has 11 rings (SSSR count). The van der Waals surface area contributed by atoms with E-state index in [9.17, 15) is 0 Å². The van der Waals surface area contributed by atoms with Gasteiger partial charge in [0.2, 0.25) is 11.8 Å². The number of rotatable bonds is 7. The lowest BCUT2D eigenvalue weighted by Crippen LogP contribution is -2.27. The summed E-state index contributed by atoms with van der Waals surface area (Å²) in [6.07, 6.45) is 24.3. The molecule has 0 aliphatic carbocycles. The minimum absolute atomic E-state index is 0.129. The first kappa shape index (κ1) is 47.1. The number of hydrogen-bond donors (Lipinski definition) is 2. The molecule has 0 saturated carbocycles. The van der Waals surface area contributed by atoms with E-state index in [0.29, 0.717) is 35.3 Å². The summed E-state index contributed by atoms with van der Waals surface area (Å²) in [4.78, 5) is 15.1. The van der Waals surface area contributed by atoms with Crippen LogP contribution in [0.3, 0.4) is 0 Å². The Labute approximate surface area is 459 Å². The number of benzene rings is 5. The van der Waals surface area contributed by atoms with Crippen LogP contribution in [0.1, 0.15) is 94.4 Å². The topological polar surface area (TPSA) is 75.4 Å². The Morgan fingerprint density at radius 2 is 1.19 bits per heavy atom. The van der Waals surface area contributed by atoms with Gasteiger partial charge < -0.3 is 29.7 Å². The molecule has 0 amide bonds. The Hall–Kier alpha value is -8.43. The Morgan fingerprint density at radius 1 is 0.558 bits per heavy atom. The molecule has 3 aliphatic rings. The molecular weight excluding hydrogens is 942 g/mol. The molecule has 11 heteroatoms. The van der Waals surface area contributed by atoms with Crippen LogP contribution in [0.15, 0.2) is 195 Å². The normalized spacial score (nSPS) is 19.6. The van der Waals surface area contributed by atoms with Gasteiger partial charge in [0, 0.05) is 64.2 Å². The number of anilines is 4. The molecular formula is C66H66B2N8O. The van der Waals surface area contributed by atoms with Crippen LogP contribution in [0, 0.1) is 0 Å². The zero-order chi connectivity index (χ0) is 56.1. The van der Waals surface area contributed by atoms with E-state index in [1.54, 1.807) is 0 Å². The maximum Gasteiger partial charge on any atom is 0.221 e. The summed E-state index contributed by atoms with van der Waals surface area (Å²) >= 11 is 0. The Kier molecular flexibility index (Phi) is 12.4. The number of fused-ring (bicyclic) bond motifs is 5. The molecule has 0 fully saturated rings. The quantitative estimate of drug-likeness (QED) is 0.154. The highest BCUT2D eigenvalue weighted by molar-refractivity contribution is 6.67. The van der Waals surface area contributed by atoms with Crippen molar-refractivity contribution >= 4 is 81.1 Å². The van der Waals surface area contributed by atoms with E-state index < -0.39 is 6.98 Å². The van der Waals surface area contributed by atoms with Gasteiger partial charge in [-0.25, -0.2) is 9.97 Å². The third-order valence-corrected chi connectivity index (χ3v) is 14.4. The first-order valence-electron chi connectivity index (χ1n) is 27.9. The van der Waals surface area contributed by atoms with Gasteiger partial charge in [-0.15, -0.1) is 12.0 Å². The van der Waals surface area contributed by atoms with Gasteiger partial charge in [-0.2, -0.15) is 0 Å². The summed E-state index contributed by atoms with van der Waals surface area (Å²) in [5.74, 6) is 5.46. The van der Waals surface area contributed by atoms with Crippen LogP contribution in [0.2, 0.25) is 0 Å². The van der Waals surface area contributed by atoms with Crippen molar-refractivity contribution in [3.05, 3.63) is 223 Å². The number of ether oxygens (including phenoxy) is 1. The van der Waals surface area contributed by atoms with Crippen LogP contribution >= 0.6 is 0 Å². The summed E-state index contributed by atoms with van der Waals surface area (Å²) in [6.45, 7) is 17.9. The highest BCUT2D eigenvalue weighted by Gasteiger charge is 2.34. The predicted molar refractivity (Wildman–Crippen MR) is 326 cm³/mol. The standard InChI is InChI=1S/C66H66B2N8O/c1-64(2,3)44-27-30-55-49(37-44)48-29-28-47(42-59(48)76(55)63-71-54-23-11-12-24-56(54)73(63)10)77-61-41-46(40-60(72-61)66(7,8)9)74-43-75(58-26-14-13-25-57(58)74)62-50(52-21-19-35-69-33-17-15-31-67-52)38-45(65(4,5)6)39-51(62)53-22-20-36-70-34-18-16-32-68-53/h11-42,69-70H,43H2,1-10H3/b31-15-,32-16-,33-17-,34-18-,35-19-,36-20-,52-21-,53-22-/i10D3. The second kappa shape index (κ2) is 20.3. The Morgan fingerprint density at radius 3 is 1.84 bits per heavy atom. The second-order valence-corrected chi connectivity index (χ2v) is 22.9. The molecule has 9 nitrogen and oxygen atoms in total. The van der Waals surface area contributed by atoms with Crippen LogP contribution in [-0.2, 0) is 23.2 Å². The third-order valence-electron chi connectivity index (χ3n) is 14.4. The van der Waals surface area contributed by atoms with Crippen molar-refractivity contribution < 1.29 is 8.85 Å². The molecule has 0 saturated heterocycles. The van der Waals surface area contributed by atoms with Gasteiger partial charge in [-0.05, 0) is 124 Å². The van der Waals surface area contributed by atoms with Gasteiger partial charge in [-0.1, -0.05) is 128 Å². The highest BCUT2D eigenvalue weighted by Crippen LogP contribution is 2.50. The zero-order valence-electron chi connectivity index (χ0n) is 48.4. The van der Waals surface area contributed by atoms with Gasteiger partial charge in [0.15, 0.2) is 14.6 Å². The number of nitrogens with zero attached hydrogens (tertiary/aromatic N) is 6. The fourth-order valence-corrected chi connectivity index (χ4v) is 10.2. The van der Waals surface area contributed by atoms with Crippen LogP contribution in [0.4, 0.5) is 22.7 Å². The van der Waals surface area contributed by atoms with E-state index in [-0.39, 0.29) is 16.2 Å². The molecule has 8 aromatic rings. The maximum absolute atomic E-state index is 8.79. The summed E-state index contributed by atoms with van der Waals surface area (Å²) in [7, 11) is 4.39. The van der Waals surface area contributed by atoms with E-state index in [1.807, 2.05) is 96.1 Å². The minimum Gasteiger partial charge on any atom is -0.439 e. The first-order valence-corrected chi connectivity index (χ1v) is 26.4. The lowest BCUT2D eigenvalue weighted by molar-refractivity contribution is 0.452. The van der Waals surface area contributed by atoms with E-state index >= 15 is 0 Å². The summed E-state index contributed by atoms with van der Waals surface area (Å²) < 4.78 is 36.7. The largest absolute Gasteiger partial charge is 0.439 e. The average Bonchev–Trinajstić information content (AvgIpc) is 4.27. The van der Waals surface area contributed by atoms with Gasteiger partial charge >= 0.3 is 0 Å². The Bertz CT molecular complexity index is 3910. The molecule has 2 N–H and O–H groups in total. The highest BCUT2D eigenvalue weighted by atomic mass is 16.5. The van der Waals surface area contributed by atoms with Gasteiger partial charge in [-0.3, -0.25) is 4.57 Å². The lowest BCUT2D eigenvalue weighted by Gasteiger charge is -2.31. The molecule has 3 aromatic heterocycles. The number of para-hydroxylation sites is 4. The number of hydrogen-bond acceptors (Lipinski definition) is 7. The molecule has 0 unspecified atom stereocenters. The first-order chi connectivity index (χ1) is 38.2. The summed E-state index contributed by atoms with van der Waals surface area (Å²) in [5, 5.41) is 8.46. The van der Waals surface area contributed by atoms with Crippen LogP contribution in [0.5, 0.6) is 11.6 Å². The van der Waals surface area contributed by atoms with Gasteiger partial charge in [0.25, 0.3) is 0 Å². The molecule has 6 heterocycles. The summed E-state index contributed by atoms with van der Waals surface area (Å²) in [5.41, 5.74) is 13.6. The molecule has 0 atom stereocenters. The number of imidazole rings is 1. The van der Waals surface area contributed by atoms with Crippen LogP contribution < -0.4 is 25.2 Å². The second-order valence-electron chi connectivity index (χ2n) is 22.9. The van der Waals surface area contributed by atoms with Gasteiger partial charge in [0.05, 0.1) is 50.5 Å². The maximum atomic E-state index is 8.79. The monoisotopic (exact) mass is 1010 g/mol. The molecule has 3 aliphatic heterocycles. The lowest BCUT2D eigenvalue weighted by atomic mass is 9.62. The number of aryl methyl sites for hydroxylation is 1. The zero-order valence-corrected chi connectivity index (χ0v) is 45.4. The molecule has 5 aromatic carbocycles. The average molecular weight is 1010 g/mol. The van der Waals surface area contributed by atoms with Crippen LogP contribution in [-0.4, -0.2) is 40.3 Å². The minimum atomic E-state index is -2.52. The fourth-order valence-electron chi connectivity index (χ4n) is 10.2. The van der Waals surface area contributed by atoms with Crippen molar-refractivity contribution in [1.29, 1.82) is 0 Å². The van der Waals surface area contributed by atoms with E-state index in [4.69, 9.17) is 18.8 Å². The number of pyridine rings is 1. The smallest absolute Gasteiger partial charge is 0.221 e. The third kappa shape index (κ3) is 10.1. The van der Waals surface area contributed by atoms with Crippen molar-refractivity contribution in [1.82, 2.24) is 29.7 Å². The molecule has 0 spiro atoms. The van der Waals surface area contributed by atoms with Crippen molar-refractivity contribution in [2.24, 2.45) is 6.98 Å². The molecule has 77 heavy (non-hydrogen) atoms. The van der Waals surface area contributed by atoms with Crippen molar-refractivity contribution in [3.8, 4) is 17.6 Å². The summed E-state index contributed by atoms with van der Waals surface area (Å²) in [6, 6.07) is 37.4. The van der Waals surface area contributed by atoms with Crippen molar-refractivity contribution in [2.45, 2.75) is 78.6 Å². The van der Waals surface area contributed by atoms with Crippen LogP contribution in [0.25, 0.3) is 49.7 Å². The number of nitrogens with one attached hydrogen (secondary N) is 2. The fraction of sp³-hybridized carbons (Fsp3) is 0.212. The Balaban J connectivity index is 1.07. The van der Waals surface area contributed by atoms with E-state index in [2.05, 4.69) is 200 Å². The van der Waals surface area contributed by atoms with Gasteiger partial charge in [0.1, 0.15) is 12.4 Å². The number of allylic oxidation sites excluding steroid dienone is 8. The molecule has 0 bridgehead atoms. The van der Waals surface area contributed by atoms with E-state index in [1.165, 1.54) is 10.1 Å².